The van der Waals surface area contributed by atoms with E-state index in [1.54, 1.807) is 25.7 Å². The zero-order valence-corrected chi connectivity index (χ0v) is 24.7. The van der Waals surface area contributed by atoms with E-state index in [0.29, 0.717) is 25.3 Å². The Bertz CT molecular complexity index is 1580. The van der Waals surface area contributed by atoms with E-state index in [0.717, 1.165) is 11.8 Å². The summed E-state index contributed by atoms with van der Waals surface area (Å²) in [5, 5.41) is 6.69. The molecule has 2 amide bonds. The van der Waals surface area contributed by atoms with E-state index in [4.69, 9.17) is 14.3 Å². The molecule has 3 aliphatic rings. The molecule has 1 saturated heterocycles. The summed E-state index contributed by atoms with van der Waals surface area (Å²) in [6, 6.07) is 2.19. The van der Waals surface area contributed by atoms with Gasteiger partial charge in [0, 0.05) is 43.4 Å². The Kier molecular flexibility index (Phi) is 7.78. The van der Waals surface area contributed by atoms with Gasteiger partial charge in [-0.1, -0.05) is 11.2 Å². The fourth-order valence-electron chi connectivity index (χ4n) is 5.70. The van der Waals surface area contributed by atoms with Gasteiger partial charge in [-0.2, -0.15) is 0 Å². The molecule has 1 N–H and O–H groups in total. The normalized spacial score (nSPS) is 22.8. The van der Waals surface area contributed by atoms with E-state index in [-0.39, 0.29) is 36.0 Å². The summed E-state index contributed by atoms with van der Waals surface area (Å²) >= 11 is 0. The van der Waals surface area contributed by atoms with Gasteiger partial charge in [-0.3, -0.25) is 19.2 Å². The molecule has 0 saturated carbocycles. The molecule has 230 valence electrons. The minimum Gasteiger partial charge on any atom is -0.451 e. The number of aromatic nitrogens is 1. The fourth-order valence-corrected chi connectivity index (χ4v) is 5.70. The van der Waals surface area contributed by atoms with Crippen LogP contribution in [0.2, 0.25) is 0 Å². The molecule has 1 aromatic heterocycles. The quantitative estimate of drug-likeness (QED) is 0.396. The highest BCUT2D eigenvalue weighted by Crippen LogP contribution is 2.46. The Labute approximate surface area is 246 Å². The number of pyridine rings is 1. The van der Waals surface area contributed by atoms with Gasteiger partial charge in [0.2, 0.25) is 18.0 Å². The molecule has 43 heavy (non-hydrogen) atoms. The van der Waals surface area contributed by atoms with E-state index < -0.39 is 64.4 Å². The number of nitrogens with zero attached hydrogens (tertiary/aromatic N) is 3. The summed E-state index contributed by atoms with van der Waals surface area (Å²) in [5.74, 6) is -4.03. The van der Waals surface area contributed by atoms with Crippen LogP contribution in [0.1, 0.15) is 86.3 Å². The van der Waals surface area contributed by atoms with Crippen molar-refractivity contribution >= 4 is 23.5 Å². The highest BCUT2D eigenvalue weighted by Gasteiger charge is 2.54. The number of ether oxygens (including phenoxy) is 2. The van der Waals surface area contributed by atoms with E-state index in [1.807, 2.05) is 13.8 Å². The summed E-state index contributed by atoms with van der Waals surface area (Å²) < 4.78 is 40.0. The molecule has 2 aromatic rings. The van der Waals surface area contributed by atoms with E-state index in [2.05, 4.69) is 10.5 Å². The van der Waals surface area contributed by atoms with Gasteiger partial charge in [0.05, 0.1) is 17.2 Å². The monoisotopic (exact) mass is 600 g/mol. The predicted octanol–water partition coefficient (Wildman–Crippen LogP) is 3.70. The maximum absolute atomic E-state index is 14.2. The van der Waals surface area contributed by atoms with Crippen LogP contribution in [0.5, 0.6) is 5.75 Å². The Hall–Kier alpha value is -4.29. The van der Waals surface area contributed by atoms with Crippen LogP contribution in [0.15, 0.2) is 34.3 Å². The van der Waals surface area contributed by atoms with Crippen molar-refractivity contribution in [3.63, 3.8) is 0 Å². The number of fused-ring (bicyclic) bond motifs is 5. The highest BCUT2D eigenvalue weighted by atomic mass is 19.1. The summed E-state index contributed by atoms with van der Waals surface area (Å²) in [5.41, 5.74) is -2.32. The Balaban J connectivity index is 1.58. The van der Waals surface area contributed by atoms with Crippen molar-refractivity contribution in [1.29, 1.82) is 0 Å². The third-order valence-electron chi connectivity index (χ3n) is 8.13. The number of nitrogens with one attached hydrogen (secondary N) is 1. The van der Waals surface area contributed by atoms with Crippen LogP contribution in [0.4, 0.5) is 8.78 Å². The molecule has 5 rings (SSSR count). The first-order valence-electron chi connectivity index (χ1n) is 14.1. The van der Waals surface area contributed by atoms with Crippen molar-refractivity contribution in [3.8, 4) is 5.75 Å². The van der Waals surface area contributed by atoms with Gasteiger partial charge < -0.3 is 29.1 Å². The van der Waals surface area contributed by atoms with Crippen molar-refractivity contribution in [2.24, 2.45) is 10.6 Å². The number of oxime groups is 1. The van der Waals surface area contributed by atoms with Gasteiger partial charge in [0.1, 0.15) is 17.2 Å². The van der Waals surface area contributed by atoms with Crippen molar-refractivity contribution in [2.75, 3.05) is 13.3 Å². The molecule has 11 nitrogen and oxygen atoms in total. The average molecular weight is 601 g/mol. The summed E-state index contributed by atoms with van der Waals surface area (Å²) in [6.07, 6.45) is 2.93. The maximum Gasteiger partial charge on any atom is 0.314 e. The Morgan fingerprint density at radius 3 is 2.63 bits per heavy atom. The standard InChI is InChI=1S/C30H34F2N4O7/c1-16-11-30(43-34-16)9-8-17(2)35-14-22(30)36-13-20(26(38)33-12-18-6-7-19(31)10-21(18)32)24(37)25(23(36)27(35)39)41-15-42-28(40)29(3,4)5/h6-7,10,13,17,22H,8-9,11-12,14-15H2,1-5H3,(H,33,38)/t17-,22+,30-/m0/s1. The topological polar surface area (TPSA) is 129 Å². The maximum atomic E-state index is 14.2. The van der Waals surface area contributed by atoms with Crippen molar-refractivity contribution < 1.29 is 37.5 Å². The minimum atomic E-state index is -0.912. The molecule has 0 aliphatic carbocycles. The lowest BCUT2D eigenvalue weighted by Gasteiger charge is -2.42. The third kappa shape index (κ3) is 5.59. The molecule has 4 heterocycles. The van der Waals surface area contributed by atoms with Crippen LogP contribution in [-0.2, 0) is 20.9 Å². The molecule has 1 aromatic carbocycles. The lowest BCUT2D eigenvalue weighted by molar-refractivity contribution is -0.159. The third-order valence-corrected chi connectivity index (χ3v) is 8.13. The second kappa shape index (κ2) is 11.1. The zero-order chi connectivity index (χ0) is 31.3. The first kappa shape index (κ1) is 30.2. The van der Waals surface area contributed by atoms with Gasteiger partial charge in [0.15, 0.2) is 11.3 Å². The van der Waals surface area contributed by atoms with Crippen molar-refractivity contribution in [1.82, 2.24) is 14.8 Å². The van der Waals surface area contributed by atoms with Crippen molar-refractivity contribution in [3.05, 3.63) is 63.1 Å². The van der Waals surface area contributed by atoms with Crippen LogP contribution < -0.4 is 15.5 Å². The molecule has 1 spiro atoms. The molecule has 1 fully saturated rings. The van der Waals surface area contributed by atoms with Crippen molar-refractivity contribution in [2.45, 2.75) is 78.1 Å². The minimum absolute atomic E-state index is 0.00730. The smallest absolute Gasteiger partial charge is 0.314 e. The predicted molar refractivity (Wildman–Crippen MR) is 150 cm³/mol. The van der Waals surface area contributed by atoms with Crippen LogP contribution in [0, 0.1) is 17.0 Å². The summed E-state index contributed by atoms with van der Waals surface area (Å²) in [6.45, 7) is 7.91. The molecule has 3 atom stereocenters. The fraction of sp³-hybridized carbons (Fsp3) is 0.500. The summed E-state index contributed by atoms with van der Waals surface area (Å²) in [7, 11) is 0. The van der Waals surface area contributed by atoms with Gasteiger partial charge in [0.25, 0.3) is 11.8 Å². The van der Waals surface area contributed by atoms with E-state index in [9.17, 15) is 28.0 Å². The first-order valence-corrected chi connectivity index (χ1v) is 14.1. The van der Waals surface area contributed by atoms with Gasteiger partial charge in [-0.05, 0) is 53.5 Å². The largest absolute Gasteiger partial charge is 0.451 e. The van der Waals surface area contributed by atoms with Gasteiger partial charge >= 0.3 is 5.97 Å². The number of rotatable bonds is 6. The second-order valence-electron chi connectivity index (χ2n) is 12.3. The molecule has 0 radical (unpaired) electrons. The number of benzene rings is 1. The van der Waals surface area contributed by atoms with Gasteiger partial charge in [-0.25, -0.2) is 8.78 Å². The van der Waals surface area contributed by atoms with Crippen LogP contribution in [0.25, 0.3) is 0 Å². The summed E-state index contributed by atoms with van der Waals surface area (Å²) in [4.78, 5) is 61.1. The zero-order valence-electron chi connectivity index (χ0n) is 24.7. The number of amides is 2. The van der Waals surface area contributed by atoms with Gasteiger partial charge in [-0.15, -0.1) is 0 Å². The average Bonchev–Trinajstić information content (AvgIpc) is 3.27. The first-order chi connectivity index (χ1) is 20.2. The molecule has 13 heteroatoms. The molecular weight excluding hydrogens is 566 g/mol. The number of esters is 1. The van der Waals surface area contributed by atoms with Crippen LogP contribution >= 0.6 is 0 Å². The Morgan fingerprint density at radius 2 is 1.98 bits per heavy atom. The molecule has 3 aliphatic heterocycles. The Morgan fingerprint density at radius 1 is 1.23 bits per heavy atom. The van der Waals surface area contributed by atoms with Crippen LogP contribution in [0.3, 0.4) is 0 Å². The molecule has 2 bridgehead atoms. The molecule has 0 unspecified atom stereocenters. The number of carbonyl (C=O) groups excluding carboxylic acids is 3. The van der Waals surface area contributed by atoms with E-state index in [1.165, 1.54) is 16.8 Å². The highest BCUT2D eigenvalue weighted by molar-refractivity contribution is 5.99. The SMILES string of the molecule is CC1=NO[C@@]2(CC[C@H](C)N3C[C@H]2n2cc(C(=O)NCc4ccc(F)cc4F)c(=O)c(OCOC(=O)C(C)(C)C)c2C3=O)C1. The van der Waals surface area contributed by atoms with E-state index >= 15 is 0 Å². The lowest BCUT2D eigenvalue weighted by Crippen LogP contribution is -2.52. The van der Waals surface area contributed by atoms with Crippen LogP contribution in [-0.4, -0.2) is 57.9 Å². The molecular formula is C30H34F2N4O7. The number of hydrogen-bond donors (Lipinski definition) is 1. The number of halogens is 2. The second-order valence-corrected chi connectivity index (χ2v) is 12.3. The lowest BCUT2D eigenvalue weighted by atomic mass is 9.84. The number of hydrogen-bond acceptors (Lipinski definition) is 8. The number of carbonyl (C=O) groups is 3.